The van der Waals surface area contributed by atoms with Gasteiger partial charge in [0.05, 0.1) is 17.8 Å². The van der Waals surface area contributed by atoms with Crippen LogP contribution in [0, 0.1) is 27.7 Å². The van der Waals surface area contributed by atoms with Gasteiger partial charge >= 0.3 is 0 Å². The first kappa shape index (κ1) is 28.6. The highest BCUT2D eigenvalue weighted by molar-refractivity contribution is 5.76. The van der Waals surface area contributed by atoms with E-state index in [0.717, 1.165) is 64.0 Å². The van der Waals surface area contributed by atoms with E-state index in [9.17, 15) is 4.79 Å². The summed E-state index contributed by atoms with van der Waals surface area (Å²) >= 11 is 0. The molecule has 39 heavy (non-hydrogen) atoms. The lowest BCUT2D eigenvalue weighted by molar-refractivity contribution is -0.119. The number of anilines is 1. The number of hydrogen-bond acceptors (Lipinski definition) is 6. The molecule has 4 rings (SSSR count). The van der Waals surface area contributed by atoms with E-state index in [0.29, 0.717) is 12.5 Å². The zero-order valence-corrected chi connectivity index (χ0v) is 24.7. The van der Waals surface area contributed by atoms with Gasteiger partial charge in [-0.1, -0.05) is 44.2 Å². The van der Waals surface area contributed by atoms with Gasteiger partial charge < -0.3 is 15.4 Å². The Labute approximate surface area is 233 Å². The fraction of sp³-hybridized carbons (Fsp3) is 0.469. The van der Waals surface area contributed by atoms with E-state index < -0.39 is 0 Å². The SMILES string of the molecule is Cc1ccc(C(C)C)cc1OCc1c(C)nc(-c2c(C)cccc2C)nc1N1CC(C)N(CC(N)=O)CC1C. The highest BCUT2D eigenvalue weighted by Gasteiger charge is 2.33. The second kappa shape index (κ2) is 11.7. The number of hydrogen-bond donors (Lipinski definition) is 1. The fourth-order valence-electron chi connectivity index (χ4n) is 5.46. The van der Waals surface area contributed by atoms with Gasteiger partial charge in [0.25, 0.3) is 0 Å². The molecule has 1 fully saturated rings. The predicted molar refractivity (Wildman–Crippen MR) is 158 cm³/mol. The number of rotatable bonds is 8. The minimum absolute atomic E-state index is 0.130. The van der Waals surface area contributed by atoms with Crippen LogP contribution >= 0.6 is 0 Å². The Morgan fingerprint density at radius 2 is 1.69 bits per heavy atom. The number of nitrogens with zero attached hydrogens (tertiary/aromatic N) is 4. The van der Waals surface area contributed by atoms with Crippen LogP contribution in [-0.2, 0) is 11.4 Å². The molecule has 1 aliphatic heterocycles. The van der Waals surface area contributed by atoms with Crippen LogP contribution in [0.1, 0.15) is 67.1 Å². The fourth-order valence-corrected chi connectivity index (χ4v) is 5.46. The average molecular weight is 530 g/mol. The van der Waals surface area contributed by atoms with Gasteiger partial charge in [0.15, 0.2) is 5.82 Å². The highest BCUT2D eigenvalue weighted by Crippen LogP contribution is 2.33. The van der Waals surface area contributed by atoms with Crippen molar-refractivity contribution >= 4 is 11.7 Å². The molecular weight excluding hydrogens is 486 g/mol. The van der Waals surface area contributed by atoms with Crippen molar-refractivity contribution in [1.29, 1.82) is 0 Å². The van der Waals surface area contributed by atoms with Crippen LogP contribution < -0.4 is 15.4 Å². The molecule has 0 aliphatic carbocycles. The standard InChI is InChI=1S/C32H43N5O2/c1-19(2)26-13-12-20(3)28(14-26)39-18-27-25(8)34-31(30-21(4)10-9-11-22(30)5)35-32(27)37-16-23(6)36(15-24(37)7)17-29(33)38/h9-14,19,23-24H,15-18H2,1-8H3,(H2,33,38). The number of piperazine rings is 1. The molecular formula is C32H43N5O2. The van der Waals surface area contributed by atoms with Gasteiger partial charge in [-0.05, 0) is 75.8 Å². The Kier molecular flexibility index (Phi) is 8.60. The van der Waals surface area contributed by atoms with Gasteiger partial charge in [-0.3, -0.25) is 9.69 Å². The van der Waals surface area contributed by atoms with Crippen LogP contribution in [0.25, 0.3) is 11.4 Å². The van der Waals surface area contributed by atoms with Gasteiger partial charge in [0.1, 0.15) is 18.2 Å². The number of ether oxygens (including phenoxy) is 1. The maximum absolute atomic E-state index is 11.7. The van der Waals surface area contributed by atoms with Gasteiger partial charge in [-0.15, -0.1) is 0 Å². The highest BCUT2D eigenvalue weighted by atomic mass is 16.5. The molecule has 2 heterocycles. The minimum atomic E-state index is -0.300. The molecule has 7 nitrogen and oxygen atoms in total. The molecule has 0 spiro atoms. The zero-order valence-electron chi connectivity index (χ0n) is 24.7. The van der Waals surface area contributed by atoms with E-state index in [-0.39, 0.29) is 24.5 Å². The molecule has 7 heteroatoms. The van der Waals surface area contributed by atoms with E-state index in [2.05, 4.69) is 102 Å². The Balaban J connectivity index is 1.77. The van der Waals surface area contributed by atoms with Crippen molar-refractivity contribution in [2.24, 2.45) is 5.73 Å². The molecule has 2 atom stereocenters. The van der Waals surface area contributed by atoms with Crippen LogP contribution in [0.3, 0.4) is 0 Å². The number of aryl methyl sites for hydroxylation is 4. The number of carbonyl (C=O) groups excluding carboxylic acids is 1. The molecule has 208 valence electrons. The lowest BCUT2D eigenvalue weighted by Gasteiger charge is -2.45. The molecule has 0 saturated carbocycles. The maximum Gasteiger partial charge on any atom is 0.231 e. The molecule has 1 saturated heterocycles. The summed E-state index contributed by atoms with van der Waals surface area (Å²) in [6.45, 7) is 19.1. The predicted octanol–water partition coefficient (Wildman–Crippen LogP) is 5.46. The normalized spacial score (nSPS) is 18.0. The number of nitrogens with two attached hydrogens (primary N) is 1. The van der Waals surface area contributed by atoms with Crippen molar-refractivity contribution in [2.75, 3.05) is 24.5 Å². The van der Waals surface area contributed by atoms with Crippen molar-refractivity contribution in [3.05, 3.63) is 69.9 Å². The first-order valence-corrected chi connectivity index (χ1v) is 13.9. The van der Waals surface area contributed by atoms with Crippen molar-refractivity contribution < 1.29 is 9.53 Å². The Bertz CT molecular complexity index is 1330. The average Bonchev–Trinajstić information content (AvgIpc) is 2.85. The Morgan fingerprint density at radius 1 is 1.00 bits per heavy atom. The summed E-state index contributed by atoms with van der Waals surface area (Å²) < 4.78 is 6.48. The van der Waals surface area contributed by atoms with Gasteiger partial charge in [-0.25, -0.2) is 9.97 Å². The van der Waals surface area contributed by atoms with Crippen molar-refractivity contribution in [3.63, 3.8) is 0 Å². The third kappa shape index (κ3) is 6.25. The largest absolute Gasteiger partial charge is 0.488 e. The molecule has 0 bridgehead atoms. The number of aromatic nitrogens is 2. The number of amides is 1. The maximum atomic E-state index is 11.7. The van der Waals surface area contributed by atoms with Crippen LogP contribution in [0.15, 0.2) is 36.4 Å². The van der Waals surface area contributed by atoms with E-state index >= 15 is 0 Å². The van der Waals surface area contributed by atoms with Gasteiger partial charge in [0.2, 0.25) is 5.91 Å². The topological polar surface area (TPSA) is 84.6 Å². The summed E-state index contributed by atoms with van der Waals surface area (Å²) in [5.41, 5.74) is 13.2. The van der Waals surface area contributed by atoms with Crippen molar-refractivity contribution in [1.82, 2.24) is 14.9 Å². The number of carbonyl (C=O) groups is 1. The first-order chi connectivity index (χ1) is 18.5. The minimum Gasteiger partial charge on any atom is -0.488 e. The summed E-state index contributed by atoms with van der Waals surface area (Å²) in [4.78, 5) is 26.4. The van der Waals surface area contributed by atoms with Gasteiger partial charge in [-0.2, -0.15) is 0 Å². The summed E-state index contributed by atoms with van der Waals surface area (Å²) in [5, 5.41) is 0. The third-order valence-electron chi connectivity index (χ3n) is 7.89. The summed E-state index contributed by atoms with van der Waals surface area (Å²) in [5.74, 6) is 2.64. The van der Waals surface area contributed by atoms with E-state index in [1.54, 1.807) is 0 Å². The molecule has 2 N–H and O–H groups in total. The van der Waals surface area contributed by atoms with Crippen LogP contribution in [0.4, 0.5) is 5.82 Å². The van der Waals surface area contributed by atoms with Crippen LogP contribution in [0.2, 0.25) is 0 Å². The second-order valence-electron chi connectivity index (χ2n) is 11.4. The second-order valence-corrected chi connectivity index (χ2v) is 11.4. The molecule has 2 aromatic carbocycles. The molecule has 1 aliphatic rings. The lowest BCUT2D eigenvalue weighted by atomic mass is 10.0. The van der Waals surface area contributed by atoms with Crippen molar-refractivity contribution in [2.45, 2.75) is 80.0 Å². The van der Waals surface area contributed by atoms with Crippen molar-refractivity contribution in [3.8, 4) is 17.1 Å². The quantitative estimate of drug-likeness (QED) is 0.417. The zero-order chi connectivity index (χ0) is 28.4. The van der Waals surface area contributed by atoms with Gasteiger partial charge in [0, 0.05) is 30.7 Å². The molecule has 1 aromatic heterocycles. The van der Waals surface area contributed by atoms with E-state index in [4.69, 9.17) is 20.4 Å². The third-order valence-corrected chi connectivity index (χ3v) is 7.89. The first-order valence-electron chi connectivity index (χ1n) is 13.9. The molecule has 2 unspecified atom stereocenters. The summed E-state index contributed by atoms with van der Waals surface area (Å²) in [6.07, 6.45) is 0. The van der Waals surface area contributed by atoms with Crippen LogP contribution in [0.5, 0.6) is 5.75 Å². The Hall–Kier alpha value is -3.45. The molecule has 0 radical (unpaired) electrons. The number of benzene rings is 2. The van der Waals surface area contributed by atoms with E-state index in [1.165, 1.54) is 5.56 Å². The smallest absolute Gasteiger partial charge is 0.231 e. The summed E-state index contributed by atoms with van der Waals surface area (Å²) in [7, 11) is 0. The lowest BCUT2D eigenvalue weighted by Crippen LogP contribution is -2.58. The molecule has 1 amide bonds. The van der Waals surface area contributed by atoms with Crippen LogP contribution in [-0.4, -0.2) is 52.5 Å². The Morgan fingerprint density at radius 3 is 2.33 bits per heavy atom. The molecule has 3 aromatic rings. The number of primary amides is 1. The monoisotopic (exact) mass is 529 g/mol. The summed E-state index contributed by atoms with van der Waals surface area (Å²) in [6, 6.07) is 13.0. The van der Waals surface area contributed by atoms with E-state index in [1.807, 2.05) is 0 Å².